The minimum atomic E-state index is -0.788. The molecule has 2 fully saturated rings. The molecule has 0 radical (unpaired) electrons. The van der Waals surface area contributed by atoms with Crippen LogP contribution in [0.5, 0.6) is 0 Å². The molecule has 1 amide bonds. The monoisotopic (exact) mass is 289 g/mol. The molecule has 3 rings (SSSR count). The fourth-order valence-corrected chi connectivity index (χ4v) is 3.69. The number of rotatable bonds is 3. The highest BCUT2D eigenvalue weighted by molar-refractivity contribution is 5.79. The molecule has 1 saturated carbocycles. The van der Waals surface area contributed by atoms with E-state index in [4.69, 9.17) is 4.74 Å². The zero-order chi connectivity index (χ0) is 15.0. The summed E-state index contributed by atoms with van der Waals surface area (Å²) in [4.78, 5) is 25.2. The summed E-state index contributed by atoms with van der Waals surface area (Å²) in [6.45, 7) is 3.02. The number of carboxylic acid groups (broad SMARTS) is 1. The summed E-state index contributed by atoms with van der Waals surface area (Å²) in [5.74, 6) is -0.378. The first kappa shape index (κ1) is 13.9. The van der Waals surface area contributed by atoms with Crippen LogP contribution in [0.25, 0.3) is 0 Å². The van der Waals surface area contributed by atoms with Gasteiger partial charge >= 0.3 is 12.1 Å². The number of hydrogen-bond donors (Lipinski definition) is 1. The van der Waals surface area contributed by atoms with Crippen LogP contribution in [-0.4, -0.2) is 35.2 Å². The molecule has 1 aliphatic heterocycles. The Morgan fingerprint density at radius 1 is 1.38 bits per heavy atom. The Hall–Kier alpha value is -2.04. The van der Waals surface area contributed by atoms with Gasteiger partial charge in [-0.15, -0.1) is 0 Å². The highest BCUT2D eigenvalue weighted by Gasteiger charge is 2.63. The maximum atomic E-state index is 12.1. The smallest absolute Gasteiger partial charge is 0.410 e. The lowest BCUT2D eigenvalue weighted by Crippen LogP contribution is -2.51. The summed E-state index contributed by atoms with van der Waals surface area (Å²) in [5.41, 5.74) is 0.180. The Balaban J connectivity index is 1.61. The Kier molecular flexibility index (Phi) is 3.35. The van der Waals surface area contributed by atoms with Crippen molar-refractivity contribution in [1.82, 2.24) is 4.90 Å². The van der Waals surface area contributed by atoms with E-state index in [0.717, 1.165) is 5.56 Å². The van der Waals surface area contributed by atoms with Gasteiger partial charge in [-0.05, 0) is 23.8 Å². The van der Waals surface area contributed by atoms with Crippen LogP contribution in [0, 0.1) is 17.3 Å². The molecule has 1 N–H and O–H groups in total. The first-order valence-electron chi connectivity index (χ1n) is 7.22. The molecule has 3 atom stereocenters. The number of benzene rings is 1. The minimum absolute atomic E-state index is 0.0549. The summed E-state index contributed by atoms with van der Waals surface area (Å²) in [6, 6.07) is 9.46. The third-order valence-corrected chi connectivity index (χ3v) is 4.86. The molecule has 1 saturated heterocycles. The van der Waals surface area contributed by atoms with Gasteiger partial charge in [0, 0.05) is 13.1 Å². The zero-order valence-electron chi connectivity index (χ0n) is 12.0. The van der Waals surface area contributed by atoms with Crippen molar-refractivity contribution >= 4 is 12.1 Å². The van der Waals surface area contributed by atoms with E-state index in [0.29, 0.717) is 18.9 Å². The number of carboxylic acids is 1. The number of amides is 1. The average Bonchev–Trinajstić information content (AvgIpc) is 2.80. The molecule has 0 aromatic heterocycles. The van der Waals surface area contributed by atoms with Gasteiger partial charge < -0.3 is 14.7 Å². The molecule has 5 heteroatoms. The van der Waals surface area contributed by atoms with E-state index >= 15 is 0 Å². The van der Waals surface area contributed by atoms with Crippen LogP contribution in [0.4, 0.5) is 4.79 Å². The molecule has 21 heavy (non-hydrogen) atoms. The van der Waals surface area contributed by atoms with Crippen molar-refractivity contribution < 1.29 is 19.4 Å². The Morgan fingerprint density at radius 2 is 2.10 bits per heavy atom. The molecule has 1 heterocycles. The van der Waals surface area contributed by atoms with E-state index in [-0.39, 0.29) is 19.1 Å². The first-order valence-corrected chi connectivity index (χ1v) is 7.22. The number of ether oxygens (including phenoxy) is 1. The van der Waals surface area contributed by atoms with Crippen molar-refractivity contribution in [1.29, 1.82) is 0 Å². The molecule has 1 aliphatic carbocycles. The molecule has 0 spiro atoms. The molecular formula is C16H19NO4. The van der Waals surface area contributed by atoms with Crippen LogP contribution in [-0.2, 0) is 16.1 Å². The van der Waals surface area contributed by atoms with E-state index in [1.165, 1.54) is 0 Å². The van der Waals surface area contributed by atoms with Crippen LogP contribution in [0.3, 0.4) is 0 Å². The molecule has 5 nitrogen and oxygen atoms in total. The standard InChI is InChI=1S/C16H19NO4/c1-11-7-16(14(18)19)10-17(8-13(11)16)15(20)21-9-12-5-3-2-4-6-12/h2-6,11,13H,7-10H2,1H3,(H,18,19)/t11?,13?,16-/m0/s1. The fraction of sp³-hybridized carbons (Fsp3) is 0.500. The maximum absolute atomic E-state index is 12.1. The average molecular weight is 289 g/mol. The molecule has 2 unspecified atom stereocenters. The molecule has 1 aromatic carbocycles. The van der Waals surface area contributed by atoms with Crippen LogP contribution in [0.15, 0.2) is 30.3 Å². The minimum Gasteiger partial charge on any atom is -0.481 e. The lowest BCUT2D eigenvalue weighted by Gasteiger charge is -2.45. The van der Waals surface area contributed by atoms with E-state index in [1.54, 1.807) is 4.90 Å². The predicted octanol–water partition coefficient (Wildman–Crippen LogP) is 2.37. The lowest BCUT2D eigenvalue weighted by molar-refractivity contribution is -0.161. The van der Waals surface area contributed by atoms with Crippen LogP contribution in [0.1, 0.15) is 18.9 Å². The summed E-state index contributed by atoms with van der Waals surface area (Å²) in [5, 5.41) is 9.44. The molecule has 2 aliphatic rings. The second kappa shape index (κ2) is 5.06. The van der Waals surface area contributed by atoms with Gasteiger partial charge in [-0.3, -0.25) is 4.79 Å². The summed E-state index contributed by atoms with van der Waals surface area (Å²) in [7, 11) is 0. The van der Waals surface area contributed by atoms with Crippen molar-refractivity contribution in [2.75, 3.05) is 13.1 Å². The van der Waals surface area contributed by atoms with Gasteiger partial charge in [0.15, 0.2) is 0 Å². The van der Waals surface area contributed by atoms with Gasteiger partial charge in [0.1, 0.15) is 6.61 Å². The number of aliphatic carboxylic acids is 1. The van der Waals surface area contributed by atoms with E-state index < -0.39 is 17.5 Å². The summed E-state index contributed by atoms with van der Waals surface area (Å²) >= 11 is 0. The highest BCUT2D eigenvalue weighted by atomic mass is 16.6. The summed E-state index contributed by atoms with van der Waals surface area (Å²) < 4.78 is 5.29. The fourth-order valence-electron chi connectivity index (χ4n) is 3.69. The van der Waals surface area contributed by atoms with E-state index in [1.807, 2.05) is 37.3 Å². The number of likely N-dealkylation sites (tertiary alicyclic amines) is 1. The van der Waals surface area contributed by atoms with Crippen molar-refractivity contribution in [3.63, 3.8) is 0 Å². The maximum Gasteiger partial charge on any atom is 0.410 e. The Bertz CT molecular complexity index is 559. The van der Waals surface area contributed by atoms with Gasteiger partial charge in [0.05, 0.1) is 5.41 Å². The quantitative estimate of drug-likeness (QED) is 0.927. The molecular weight excluding hydrogens is 270 g/mol. The second-order valence-corrected chi connectivity index (χ2v) is 6.17. The normalized spacial score (nSPS) is 30.4. The van der Waals surface area contributed by atoms with Crippen molar-refractivity contribution in [3.8, 4) is 0 Å². The lowest BCUT2D eigenvalue weighted by atomic mass is 9.56. The predicted molar refractivity (Wildman–Crippen MR) is 75.5 cm³/mol. The SMILES string of the molecule is CC1C[C@]2(C(=O)O)CN(C(=O)OCc3ccccc3)CC12. The van der Waals surface area contributed by atoms with Crippen LogP contribution in [0.2, 0.25) is 0 Å². The van der Waals surface area contributed by atoms with Crippen molar-refractivity contribution in [3.05, 3.63) is 35.9 Å². The highest BCUT2D eigenvalue weighted by Crippen LogP contribution is 2.55. The van der Waals surface area contributed by atoms with Crippen LogP contribution < -0.4 is 0 Å². The first-order chi connectivity index (χ1) is 10.0. The molecule has 0 bridgehead atoms. The second-order valence-electron chi connectivity index (χ2n) is 6.17. The van der Waals surface area contributed by atoms with E-state index in [2.05, 4.69) is 0 Å². The topological polar surface area (TPSA) is 66.8 Å². The van der Waals surface area contributed by atoms with Gasteiger partial charge in [-0.25, -0.2) is 4.79 Å². The largest absolute Gasteiger partial charge is 0.481 e. The number of carbonyl (C=O) groups is 2. The third kappa shape index (κ3) is 2.26. The van der Waals surface area contributed by atoms with E-state index in [9.17, 15) is 14.7 Å². The van der Waals surface area contributed by atoms with Crippen LogP contribution >= 0.6 is 0 Å². The van der Waals surface area contributed by atoms with Gasteiger partial charge in [-0.2, -0.15) is 0 Å². The molecule has 1 aromatic rings. The summed E-state index contributed by atoms with van der Waals surface area (Å²) in [6.07, 6.45) is 0.233. The Morgan fingerprint density at radius 3 is 2.67 bits per heavy atom. The van der Waals surface area contributed by atoms with Crippen molar-refractivity contribution in [2.45, 2.75) is 20.0 Å². The Labute approximate surface area is 123 Å². The zero-order valence-corrected chi connectivity index (χ0v) is 12.0. The van der Waals surface area contributed by atoms with Gasteiger partial charge in [-0.1, -0.05) is 37.3 Å². The number of carbonyl (C=O) groups excluding carboxylic acids is 1. The molecule has 112 valence electrons. The number of hydrogen-bond acceptors (Lipinski definition) is 3. The van der Waals surface area contributed by atoms with Gasteiger partial charge in [0.25, 0.3) is 0 Å². The number of fused-ring (bicyclic) bond motifs is 1. The van der Waals surface area contributed by atoms with Gasteiger partial charge in [0.2, 0.25) is 0 Å². The third-order valence-electron chi connectivity index (χ3n) is 4.86. The van der Waals surface area contributed by atoms with Crippen molar-refractivity contribution in [2.24, 2.45) is 17.3 Å². The number of nitrogens with zero attached hydrogens (tertiary/aromatic N) is 1.